The average Bonchev–Trinajstić information content (AvgIpc) is 3.18. The van der Waals surface area contributed by atoms with Gasteiger partial charge in [-0.3, -0.25) is 4.98 Å². The highest BCUT2D eigenvalue weighted by molar-refractivity contribution is 14.1. The molecule has 2 heterocycles. The summed E-state index contributed by atoms with van der Waals surface area (Å²) in [6.07, 6.45) is 1.87. The molecule has 1 aromatic carbocycles. The minimum Gasteiger partial charge on any atom is -0.390 e. The predicted molar refractivity (Wildman–Crippen MR) is 142 cm³/mol. The second kappa shape index (κ2) is 11.7. The number of benzene rings is 1. The molecule has 1 unspecified atom stereocenters. The number of nitrogens with two attached hydrogens (primary N) is 1. The second-order valence-corrected chi connectivity index (χ2v) is 11.4. The zero-order valence-corrected chi connectivity index (χ0v) is 22.3. The van der Waals surface area contributed by atoms with Gasteiger partial charge in [-0.15, -0.1) is 34.5 Å². The fourth-order valence-electron chi connectivity index (χ4n) is 3.18. The van der Waals surface area contributed by atoms with Gasteiger partial charge in [-0.2, -0.15) is 8.42 Å². The molecule has 32 heavy (non-hydrogen) atoms. The zero-order chi connectivity index (χ0) is 23.1. The zero-order valence-electron chi connectivity index (χ0n) is 17.0. The standard InChI is InChI=1S/C21H22Cl2IN3O3S2/c22-8-10-27(11-9-23)16-2-4-17(5-3-16)30-32(28,29)19(18-7-12-31-21(18)25)13-15-1-6-20(24)26-14-15/h1-7,12,14,19H,8-11,13,25H2. The van der Waals surface area contributed by atoms with Crippen molar-refractivity contribution in [1.29, 1.82) is 0 Å². The summed E-state index contributed by atoms with van der Waals surface area (Å²) in [6.45, 7) is 1.27. The molecular weight excluding hydrogens is 604 g/mol. The lowest BCUT2D eigenvalue weighted by Crippen LogP contribution is -2.27. The first-order valence-electron chi connectivity index (χ1n) is 9.67. The molecular formula is C21H22Cl2IN3O3S2. The van der Waals surface area contributed by atoms with Crippen LogP contribution in [-0.4, -0.2) is 38.3 Å². The van der Waals surface area contributed by atoms with Gasteiger partial charge in [0.25, 0.3) is 0 Å². The Morgan fingerprint density at radius 2 is 1.78 bits per heavy atom. The lowest BCUT2D eigenvalue weighted by Gasteiger charge is -2.23. The number of anilines is 2. The number of hydrogen-bond acceptors (Lipinski definition) is 7. The Bertz CT molecular complexity index is 1100. The summed E-state index contributed by atoms with van der Waals surface area (Å²) < 4.78 is 33.0. The van der Waals surface area contributed by atoms with Crippen LogP contribution in [0, 0.1) is 3.70 Å². The highest BCUT2D eigenvalue weighted by atomic mass is 127. The van der Waals surface area contributed by atoms with Crippen LogP contribution in [0.5, 0.6) is 5.75 Å². The molecule has 0 radical (unpaired) electrons. The van der Waals surface area contributed by atoms with Gasteiger partial charge in [0.15, 0.2) is 0 Å². The summed E-state index contributed by atoms with van der Waals surface area (Å²) in [6, 6.07) is 12.3. The minimum absolute atomic E-state index is 0.199. The smallest absolute Gasteiger partial charge is 0.316 e. The number of alkyl halides is 2. The Morgan fingerprint density at radius 1 is 1.09 bits per heavy atom. The normalized spacial score (nSPS) is 12.5. The van der Waals surface area contributed by atoms with Crippen LogP contribution in [0.15, 0.2) is 54.0 Å². The molecule has 6 nitrogen and oxygen atoms in total. The molecule has 0 bridgehead atoms. The van der Waals surface area contributed by atoms with Crippen molar-refractivity contribution in [3.8, 4) is 5.75 Å². The Morgan fingerprint density at radius 3 is 2.31 bits per heavy atom. The highest BCUT2D eigenvalue weighted by Crippen LogP contribution is 2.35. The molecule has 2 N–H and O–H groups in total. The van der Waals surface area contributed by atoms with Gasteiger partial charge in [-0.25, -0.2) is 0 Å². The Labute approximate surface area is 216 Å². The fraction of sp³-hybridized carbons (Fsp3) is 0.286. The quantitative estimate of drug-likeness (QED) is 0.135. The summed E-state index contributed by atoms with van der Waals surface area (Å²) in [5.41, 5.74) is 8.27. The van der Waals surface area contributed by atoms with Gasteiger partial charge in [0.05, 0.1) is 5.00 Å². The van der Waals surface area contributed by atoms with Crippen LogP contribution in [0.3, 0.4) is 0 Å². The molecule has 0 aliphatic heterocycles. The topological polar surface area (TPSA) is 85.5 Å². The maximum absolute atomic E-state index is 13.3. The van der Waals surface area contributed by atoms with Crippen LogP contribution < -0.4 is 14.8 Å². The minimum atomic E-state index is -4.04. The van der Waals surface area contributed by atoms with Crippen molar-refractivity contribution in [1.82, 2.24) is 4.98 Å². The monoisotopic (exact) mass is 625 g/mol. The van der Waals surface area contributed by atoms with Gasteiger partial charge in [0.1, 0.15) is 14.7 Å². The maximum atomic E-state index is 13.3. The molecule has 172 valence electrons. The molecule has 2 aromatic heterocycles. The van der Waals surface area contributed by atoms with E-state index in [2.05, 4.69) is 27.6 Å². The lowest BCUT2D eigenvalue weighted by atomic mass is 10.1. The van der Waals surface area contributed by atoms with E-state index in [1.165, 1.54) is 11.3 Å². The molecule has 0 saturated carbocycles. The summed E-state index contributed by atoms with van der Waals surface area (Å²) in [5, 5.41) is 1.27. The third-order valence-electron chi connectivity index (χ3n) is 4.76. The van der Waals surface area contributed by atoms with Crippen LogP contribution in [0.4, 0.5) is 10.7 Å². The SMILES string of the molecule is Nc1sccc1C(Cc1ccc(I)nc1)S(=O)(=O)Oc1ccc(N(CCCl)CCCl)cc1. The van der Waals surface area contributed by atoms with Crippen molar-refractivity contribution in [3.63, 3.8) is 0 Å². The van der Waals surface area contributed by atoms with Gasteiger partial charge in [-0.05, 0) is 76.4 Å². The molecule has 0 saturated heterocycles. The summed E-state index contributed by atoms with van der Waals surface area (Å²) >= 11 is 15.1. The van der Waals surface area contributed by atoms with Crippen molar-refractivity contribution >= 4 is 77.9 Å². The highest BCUT2D eigenvalue weighted by Gasteiger charge is 2.32. The number of nitrogens with zero attached hydrogens (tertiary/aromatic N) is 2. The van der Waals surface area contributed by atoms with E-state index in [1.54, 1.807) is 41.9 Å². The van der Waals surface area contributed by atoms with E-state index in [-0.39, 0.29) is 12.2 Å². The summed E-state index contributed by atoms with van der Waals surface area (Å²) in [7, 11) is -4.04. The van der Waals surface area contributed by atoms with Crippen molar-refractivity contribution in [2.75, 3.05) is 35.5 Å². The van der Waals surface area contributed by atoms with Crippen molar-refractivity contribution < 1.29 is 12.6 Å². The first-order chi connectivity index (χ1) is 15.3. The number of pyridine rings is 1. The molecule has 0 fully saturated rings. The number of nitrogen functional groups attached to an aromatic ring is 1. The van der Waals surface area contributed by atoms with Gasteiger partial charge in [0.2, 0.25) is 0 Å². The third kappa shape index (κ3) is 6.63. The van der Waals surface area contributed by atoms with E-state index in [0.29, 0.717) is 35.4 Å². The van der Waals surface area contributed by atoms with Gasteiger partial charge in [-0.1, -0.05) is 6.07 Å². The van der Waals surface area contributed by atoms with E-state index in [9.17, 15) is 8.42 Å². The van der Waals surface area contributed by atoms with Crippen LogP contribution >= 0.6 is 57.1 Å². The molecule has 11 heteroatoms. The average molecular weight is 626 g/mol. The van der Waals surface area contributed by atoms with E-state index in [4.69, 9.17) is 33.1 Å². The number of aromatic nitrogens is 1. The number of hydrogen-bond donors (Lipinski definition) is 1. The molecule has 3 aromatic rings. The van der Waals surface area contributed by atoms with Crippen LogP contribution in [0.25, 0.3) is 0 Å². The van der Waals surface area contributed by atoms with Crippen molar-refractivity contribution in [2.45, 2.75) is 11.7 Å². The van der Waals surface area contributed by atoms with E-state index < -0.39 is 15.4 Å². The van der Waals surface area contributed by atoms with Gasteiger partial charge < -0.3 is 14.8 Å². The molecule has 0 aliphatic carbocycles. The Kier molecular flexibility index (Phi) is 9.30. The second-order valence-electron chi connectivity index (χ2n) is 6.86. The van der Waals surface area contributed by atoms with Gasteiger partial charge >= 0.3 is 10.1 Å². The Balaban J connectivity index is 1.85. The summed E-state index contributed by atoms with van der Waals surface area (Å²) in [4.78, 5) is 6.28. The largest absolute Gasteiger partial charge is 0.390 e. The predicted octanol–water partition coefficient (Wildman–Crippen LogP) is 5.31. The van der Waals surface area contributed by atoms with Crippen molar-refractivity contribution in [3.05, 3.63) is 68.9 Å². The summed E-state index contributed by atoms with van der Waals surface area (Å²) in [5.74, 6) is 1.14. The van der Waals surface area contributed by atoms with Gasteiger partial charge in [0, 0.05) is 42.3 Å². The third-order valence-corrected chi connectivity index (χ3v) is 8.04. The fourth-order valence-corrected chi connectivity index (χ4v) is 6.10. The first kappa shape index (κ1) is 25.4. The van der Waals surface area contributed by atoms with Crippen LogP contribution in [-0.2, 0) is 16.5 Å². The number of thiophene rings is 1. The van der Waals surface area contributed by atoms with E-state index in [0.717, 1.165) is 15.0 Å². The lowest BCUT2D eigenvalue weighted by molar-refractivity contribution is 0.471. The first-order valence-corrected chi connectivity index (χ1v) is 14.2. The molecule has 1 atom stereocenters. The number of rotatable bonds is 11. The Hall–Kier alpha value is -1.27. The van der Waals surface area contributed by atoms with Crippen LogP contribution in [0.2, 0.25) is 0 Å². The van der Waals surface area contributed by atoms with Crippen LogP contribution in [0.1, 0.15) is 16.4 Å². The molecule has 0 amide bonds. The van der Waals surface area contributed by atoms with E-state index >= 15 is 0 Å². The maximum Gasteiger partial charge on any atom is 0.316 e. The van der Waals surface area contributed by atoms with E-state index in [1.807, 2.05) is 17.0 Å². The number of halogens is 3. The molecule has 0 aliphatic rings. The molecule has 3 rings (SSSR count). The molecule has 0 spiro atoms. The van der Waals surface area contributed by atoms with Crippen molar-refractivity contribution in [2.24, 2.45) is 0 Å².